The van der Waals surface area contributed by atoms with Gasteiger partial charge in [0.15, 0.2) is 0 Å². The fourth-order valence-corrected chi connectivity index (χ4v) is 6.49. The maximum Gasteiger partial charge on any atom is 0.264 e. The van der Waals surface area contributed by atoms with Crippen molar-refractivity contribution in [3.05, 3.63) is 57.3 Å². The molecule has 4 atom stereocenters. The van der Waals surface area contributed by atoms with Crippen molar-refractivity contribution in [1.82, 2.24) is 0 Å². The molecule has 1 saturated carbocycles. The smallest absolute Gasteiger partial charge is 0.264 e. The van der Waals surface area contributed by atoms with Gasteiger partial charge in [-0.15, -0.1) is 11.3 Å². The molecule has 0 bridgehead atoms. The van der Waals surface area contributed by atoms with Gasteiger partial charge in [-0.25, -0.2) is 17.6 Å². The van der Waals surface area contributed by atoms with Crippen LogP contribution in [0.2, 0.25) is 0 Å². The average molecular weight is 498 g/mol. The summed E-state index contributed by atoms with van der Waals surface area (Å²) < 4.78 is 58.4. The molecule has 1 aromatic carbocycles. The standard InChI is InChI=1S/C27H34F4O2S/c1-2-3-4-5-6-7-8-11-18-14-15-27(24(29)23(18)28,22-16-19(17-34-22)25(30)31)21-13-10-9-12-20(21)26(32)33/h9-10,12-13,16-18,23-25H,2-8,11,14-15H2,1H3,(H,32,33)/p-1. The predicted molar refractivity (Wildman–Crippen MR) is 126 cm³/mol. The molecule has 0 spiro atoms. The van der Waals surface area contributed by atoms with Crippen LogP contribution in [0.5, 0.6) is 0 Å². The molecule has 34 heavy (non-hydrogen) atoms. The van der Waals surface area contributed by atoms with Crippen LogP contribution in [0.3, 0.4) is 0 Å². The summed E-state index contributed by atoms with van der Waals surface area (Å²) in [5.74, 6) is -1.96. The van der Waals surface area contributed by atoms with Gasteiger partial charge in [0, 0.05) is 16.0 Å². The lowest BCUT2D eigenvalue weighted by atomic mass is 9.62. The van der Waals surface area contributed by atoms with Gasteiger partial charge < -0.3 is 9.90 Å². The number of rotatable bonds is 12. The molecule has 1 heterocycles. The molecule has 188 valence electrons. The van der Waals surface area contributed by atoms with Crippen molar-refractivity contribution in [2.24, 2.45) is 5.92 Å². The summed E-state index contributed by atoms with van der Waals surface area (Å²) in [5.41, 5.74) is -2.03. The van der Waals surface area contributed by atoms with E-state index < -0.39 is 36.1 Å². The van der Waals surface area contributed by atoms with E-state index in [0.29, 0.717) is 12.8 Å². The van der Waals surface area contributed by atoms with Crippen LogP contribution in [0.1, 0.15) is 104 Å². The fourth-order valence-electron chi connectivity index (χ4n) is 5.31. The lowest BCUT2D eigenvalue weighted by Gasteiger charge is -2.45. The molecule has 0 aliphatic heterocycles. The Morgan fingerprint density at radius 2 is 1.79 bits per heavy atom. The molecule has 0 N–H and O–H groups in total. The number of carbonyl (C=O) groups is 1. The average Bonchev–Trinajstić information content (AvgIpc) is 3.32. The third-order valence-electron chi connectivity index (χ3n) is 7.23. The molecule has 1 fully saturated rings. The Morgan fingerprint density at radius 1 is 1.12 bits per heavy atom. The molecule has 3 rings (SSSR count). The lowest BCUT2D eigenvalue weighted by Crippen LogP contribution is -2.51. The third-order valence-corrected chi connectivity index (χ3v) is 8.35. The second-order valence-electron chi connectivity index (χ2n) is 9.40. The van der Waals surface area contributed by atoms with Crippen LogP contribution in [0.4, 0.5) is 17.6 Å². The Labute approximate surface area is 203 Å². The fraction of sp³-hybridized carbons (Fsp3) is 0.593. The van der Waals surface area contributed by atoms with Crippen molar-refractivity contribution in [3.8, 4) is 0 Å². The summed E-state index contributed by atoms with van der Waals surface area (Å²) in [5, 5.41) is 13.1. The summed E-state index contributed by atoms with van der Waals surface area (Å²) in [6.45, 7) is 2.16. The first-order valence-electron chi connectivity index (χ1n) is 12.3. The Bertz CT molecular complexity index is 931. The van der Waals surface area contributed by atoms with Crippen LogP contribution in [-0.2, 0) is 5.41 Å². The van der Waals surface area contributed by atoms with Gasteiger partial charge in [0.05, 0.1) is 11.4 Å². The van der Waals surface area contributed by atoms with E-state index in [9.17, 15) is 18.7 Å². The van der Waals surface area contributed by atoms with E-state index in [1.54, 1.807) is 6.07 Å². The summed E-state index contributed by atoms with van der Waals surface area (Å²) in [6.07, 6.45) is 2.11. The number of thiophene rings is 1. The van der Waals surface area contributed by atoms with E-state index in [4.69, 9.17) is 0 Å². The second-order valence-corrected chi connectivity index (χ2v) is 10.3. The summed E-state index contributed by atoms with van der Waals surface area (Å²) in [4.78, 5) is 12.1. The van der Waals surface area contributed by atoms with Gasteiger partial charge in [-0.2, -0.15) is 0 Å². The molecule has 1 aliphatic carbocycles. The van der Waals surface area contributed by atoms with Crippen LogP contribution < -0.4 is 5.11 Å². The van der Waals surface area contributed by atoms with E-state index in [1.807, 2.05) is 0 Å². The minimum atomic E-state index is -2.74. The largest absolute Gasteiger partial charge is 0.545 e. The van der Waals surface area contributed by atoms with Crippen LogP contribution in [0, 0.1) is 5.92 Å². The zero-order valence-electron chi connectivity index (χ0n) is 19.6. The highest BCUT2D eigenvalue weighted by atomic mass is 32.1. The molecule has 0 saturated heterocycles. The highest BCUT2D eigenvalue weighted by Crippen LogP contribution is 2.53. The first-order chi connectivity index (χ1) is 16.3. The molecule has 1 aromatic heterocycles. The quantitative estimate of drug-likeness (QED) is 0.224. The molecular weight excluding hydrogens is 464 g/mol. The Morgan fingerprint density at radius 3 is 2.44 bits per heavy atom. The summed E-state index contributed by atoms with van der Waals surface area (Å²) in [6, 6.07) is 7.03. The molecule has 4 unspecified atom stereocenters. The Hall–Kier alpha value is -1.89. The van der Waals surface area contributed by atoms with Crippen LogP contribution in [-0.4, -0.2) is 18.3 Å². The summed E-state index contributed by atoms with van der Waals surface area (Å²) in [7, 11) is 0. The van der Waals surface area contributed by atoms with E-state index >= 15 is 8.78 Å². The minimum Gasteiger partial charge on any atom is -0.545 e. The van der Waals surface area contributed by atoms with E-state index in [0.717, 1.165) is 37.0 Å². The molecular formula is C27H33F4O2S-. The summed E-state index contributed by atoms with van der Waals surface area (Å²) >= 11 is 0.936. The number of alkyl halides is 4. The number of benzene rings is 1. The topological polar surface area (TPSA) is 40.1 Å². The first kappa shape index (κ1) is 26.7. The second kappa shape index (κ2) is 12.2. The van der Waals surface area contributed by atoms with Gasteiger partial charge in [-0.05, 0) is 42.2 Å². The van der Waals surface area contributed by atoms with Gasteiger partial charge in [0.25, 0.3) is 6.43 Å². The van der Waals surface area contributed by atoms with E-state index in [2.05, 4.69) is 6.92 Å². The van der Waals surface area contributed by atoms with Crippen LogP contribution in [0.25, 0.3) is 0 Å². The van der Waals surface area contributed by atoms with Gasteiger partial charge >= 0.3 is 0 Å². The highest BCUT2D eigenvalue weighted by Gasteiger charge is 2.54. The SMILES string of the molecule is CCCCCCCCCC1CCC(c2cc(C(F)F)cs2)(c2ccccc2C(=O)[O-])C(F)C1F. The van der Waals surface area contributed by atoms with E-state index in [1.165, 1.54) is 48.9 Å². The minimum absolute atomic E-state index is 0.0993. The molecule has 1 aliphatic rings. The highest BCUT2D eigenvalue weighted by molar-refractivity contribution is 7.10. The molecule has 7 heteroatoms. The van der Waals surface area contributed by atoms with Crippen molar-refractivity contribution in [1.29, 1.82) is 0 Å². The maximum absolute atomic E-state index is 16.1. The Balaban J connectivity index is 1.85. The van der Waals surface area contributed by atoms with Gasteiger partial charge in [-0.3, -0.25) is 0 Å². The number of carbonyl (C=O) groups excluding carboxylic acids is 1. The maximum atomic E-state index is 16.1. The van der Waals surface area contributed by atoms with Crippen LogP contribution >= 0.6 is 11.3 Å². The van der Waals surface area contributed by atoms with Gasteiger partial charge in [-0.1, -0.05) is 76.1 Å². The van der Waals surface area contributed by atoms with Crippen molar-refractivity contribution in [2.75, 3.05) is 0 Å². The van der Waals surface area contributed by atoms with E-state index in [-0.39, 0.29) is 28.0 Å². The molecule has 0 radical (unpaired) electrons. The Kier molecular flexibility index (Phi) is 9.57. The molecule has 0 amide bonds. The number of carboxylic acid groups (broad SMARTS) is 1. The number of hydrogen-bond donors (Lipinski definition) is 0. The number of halogens is 4. The van der Waals surface area contributed by atoms with Gasteiger partial charge in [0.2, 0.25) is 0 Å². The van der Waals surface area contributed by atoms with Crippen molar-refractivity contribution < 1.29 is 27.5 Å². The predicted octanol–water partition coefficient (Wildman–Crippen LogP) is 7.56. The normalized spacial score (nSPS) is 25.1. The molecule has 2 nitrogen and oxygen atoms in total. The van der Waals surface area contributed by atoms with Crippen molar-refractivity contribution >= 4 is 17.3 Å². The van der Waals surface area contributed by atoms with Crippen molar-refractivity contribution in [3.63, 3.8) is 0 Å². The number of aromatic carboxylic acids is 1. The third kappa shape index (κ3) is 5.67. The van der Waals surface area contributed by atoms with Crippen molar-refractivity contribution in [2.45, 2.75) is 95.3 Å². The zero-order chi connectivity index (χ0) is 24.7. The van der Waals surface area contributed by atoms with Gasteiger partial charge in [0.1, 0.15) is 12.3 Å². The zero-order valence-corrected chi connectivity index (χ0v) is 20.4. The first-order valence-corrected chi connectivity index (χ1v) is 13.2. The molecule has 2 aromatic rings. The number of carboxylic acids is 1. The lowest BCUT2D eigenvalue weighted by molar-refractivity contribution is -0.255. The number of hydrogen-bond acceptors (Lipinski definition) is 3. The number of unbranched alkanes of at least 4 members (excludes halogenated alkanes) is 6. The monoisotopic (exact) mass is 497 g/mol. The van der Waals surface area contributed by atoms with Crippen LogP contribution in [0.15, 0.2) is 35.7 Å².